The van der Waals surface area contributed by atoms with Gasteiger partial charge in [0.05, 0.1) is 35.1 Å². The van der Waals surface area contributed by atoms with Crippen molar-refractivity contribution >= 4 is 32.0 Å². The van der Waals surface area contributed by atoms with Crippen molar-refractivity contribution in [1.82, 2.24) is 8.61 Å². The lowest BCUT2D eigenvalue weighted by Crippen LogP contribution is -2.42. The first kappa shape index (κ1) is 51.0. The van der Waals surface area contributed by atoms with Gasteiger partial charge in [-0.1, -0.05) is 117 Å². The van der Waals surface area contributed by atoms with Crippen molar-refractivity contribution in [3.8, 4) is 22.6 Å². The fraction of sp³-hybridized carbons (Fsp3) is 0.500. The molecule has 2 unspecified atom stereocenters. The van der Waals surface area contributed by atoms with Crippen LogP contribution in [0.4, 0.5) is 0 Å². The Hall–Kier alpha value is -4.44. The molecule has 358 valence electrons. The number of rotatable bonds is 13. The molecule has 0 N–H and O–H groups in total. The predicted molar refractivity (Wildman–Crippen MR) is 256 cm³/mol. The van der Waals surface area contributed by atoms with Crippen LogP contribution in [0, 0.1) is 25.7 Å². The summed E-state index contributed by atoms with van der Waals surface area (Å²) in [5.74, 6) is -1.59. The monoisotopic (exact) mass is 944 g/mol. The number of sulfonamides is 2. The third-order valence-corrected chi connectivity index (χ3v) is 16.8. The zero-order chi connectivity index (χ0) is 48.8. The van der Waals surface area contributed by atoms with Crippen molar-refractivity contribution < 1.29 is 45.4 Å². The van der Waals surface area contributed by atoms with Gasteiger partial charge in [-0.25, -0.2) is 16.8 Å². The Balaban J connectivity index is 1.73. The van der Waals surface area contributed by atoms with E-state index in [1.165, 1.54) is 22.5 Å². The highest BCUT2D eigenvalue weighted by atomic mass is 32.2. The number of aryl methyl sites for hydroxylation is 2. The topological polar surface area (TPSA) is 146 Å². The summed E-state index contributed by atoms with van der Waals surface area (Å²) in [6.07, 6.45) is -1.18. The van der Waals surface area contributed by atoms with E-state index < -0.39 is 67.4 Å². The summed E-state index contributed by atoms with van der Waals surface area (Å²) < 4.78 is 88.5. The Labute approximate surface area is 393 Å². The third kappa shape index (κ3) is 10.2. The standard InChI is InChI=1S/C52H68N2O10S2/c1-15-33(5)45-29-61-49(53(45)65(57,58)39-21-17-31(3)18-22-39)43-27-37(51(9,10)11)25-41(47(43)63-35(7)55)42-26-38(52(12,13)14)28-44(48(42)64-36(8)56)50-54(46(30-62-50)34(6)16-2)66(59,60)40-23-19-32(4)20-24-40/h17-28,33-34,45-46,49-50H,15-16,29-30H2,1-14H3/t33?,34?,45-,46-,49+,50+/m1/s1. The molecule has 12 nitrogen and oxygen atoms in total. The molecule has 6 atom stereocenters. The van der Waals surface area contributed by atoms with Gasteiger partial charge in [0.1, 0.15) is 11.5 Å². The molecule has 2 aliphatic heterocycles. The number of hydrogen-bond donors (Lipinski definition) is 0. The molecule has 0 bridgehead atoms. The number of esters is 2. The van der Waals surface area contributed by atoms with Gasteiger partial charge in [0.15, 0.2) is 12.5 Å². The summed E-state index contributed by atoms with van der Waals surface area (Å²) in [5, 5.41) is 0. The number of carbonyl (C=O) groups excluding carboxylic acids is 2. The van der Waals surface area contributed by atoms with Crippen LogP contribution < -0.4 is 9.47 Å². The first-order valence-corrected chi connectivity index (χ1v) is 25.8. The molecule has 66 heavy (non-hydrogen) atoms. The molecule has 2 heterocycles. The van der Waals surface area contributed by atoms with E-state index in [0.717, 1.165) is 22.3 Å². The Bertz CT molecular complexity index is 2480. The zero-order valence-electron chi connectivity index (χ0n) is 41.0. The van der Waals surface area contributed by atoms with E-state index in [4.69, 9.17) is 18.9 Å². The molecule has 4 aromatic rings. The number of hydrogen-bond acceptors (Lipinski definition) is 10. The third-order valence-electron chi connectivity index (χ3n) is 13.0. The lowest BCUT2D eigenvalue weighted by molar-refractivity contribution is -0.133. The highest BCUT2D eigenvalue weighted by molar-refractivity contribution is 7.89. The molecule has 0 amide bonds. The van der Waals surface area contributed by atoms with Gasteiger partial charge in [-0.3, -0.25) is 9.59 Å². The summed E-state index contributed by atoms with van der Waals surface area (Å²) in [4.78, 5) is 27.0. The fourth-order valence-electron chi connectivity index (χ4n) is 8.57. The van der Waals surface area contributed by atoms with Crippen molar-refractivity contribution in [3.05, 3.63) is 106 Å². The zero-order valence-corrected chi connectivity index (χ0v) is 42.6. The van der Waals surface area contributed by atoms with Crippen molar-refractivity contribution in [2.45, 2.75) is 155 Å². The van der Waals surface area contributed by atoms with E-state index >= 15 is 0 Å². The fourth-order valence-corrected chi connectivity index (χ4v) is 12.1. The SMILES string of the molecule is CCC(C)[C@H]1CO[C@@H](c2cc(C(C)(C)C)cc(-c3cc(C(C)(C)C)cc([C@@H]4OC[C@H](C(C)CC)N4S(=O)(=O)c4ccc(C)cc4)c3OC(C)=O)c2OC(C)=O)N1S(=O)(=O)c1ccc(C)cc1. The Morgan fingerprint density at radius 3 is 1.20 bits per heavy atom. The maximum Gasteiger partial charge on any atom is 0.308 e. The van der Waals surface area contributed by atoms with Crippen LogP contribution in [0.1, 0.15) is 142 Å². The Morgan fingerprint density at radius 1 is 0.606 bits per heavy atom. The lowest BCUT2D eigenvalue weighted by atomic mass is 9.80. The Kier molecular flexibility index (Phi) is 14.9. The molecule has 0 aromatic heterocycles. The minimum absolute atomic E-state index is 0.00812. The average Bonchev–Trinajstić information content (AvgIpc) is 3.89. The van der Waals surface area contributed by atoms with E-state index in [2.05, 4.69) is 0 Å². The highest BCUT2D eigenvalue weighted by Crippen LogP contribution is 2.52. The molecule has 0 radical (unpaired) electrons. The molecule has 0 saturated carbocycles. The molecular formula is C52H68N2O10S2. The van der Waals surface area contributed by atoms with E-state index in [-0.39, 0.29) is 57.5 Å². The lowest BCUT2D eigenvalue weighted by Gasteiger charge is -2.33. The minimum Gasteiger partial charge on any atom is -0.426 e. The molecule has 6 rings (SSSR count). The van der Waals surface area contributed by atoms with Crippen LogP contribution in [0.3, 0.4) is 0 Å². The van der Waals surface area contributed by atoms with Gasteiger partial charge in [0.2, 0.25) is 20.0 Å². The van der Waals surface area contributed by atoms with Crippen molar-refractivity contribution in [3.63, 3.8) is 0 Å². The largest absolute Gasteiger partial charge is 0.426 e. The highest BCUT2D eigenvalue weighted by Gasteiger charge is 2.50. The summed E-state index contributed by atoms with van der Waals surface area (Å²) in [7, 11) is -8.47. The van der Waals surface area contributed by atoms with Gasteiger partial charge >= 0.3 is 11.9 Å². The predicted octanol–water partition coefficient (Wildman–Crippen LogP) is 10.7. The van der Waals surface area contributed by atoms with Crippen LogP contribution in [-0.2, 0) is 49.9 Å². The smallest absolute Gasteiger partial charge is 0.308 e. The summed E-state index contributed by atoms with van der Waals surface area (Å²) in [6.45, 7) is 26.5. The normalized spacial score (nSPS) is 20.9. The van der Waals surface area contributed by atoms with Crippen molar-refractivity contribution in [2.75, 3.05) is 13.2 Å². The summed E-state index contributed by atoms with van der Waals surface area (Å²) >= 11 is 0. The van der Waals surface area contributed by atoms with Gasteiger partial charge in [-0.15, -0.1) is 0 Å². The van der Waals surface area contributed by atoms with Gasteiger partial charge in [-0.2, -0.15) is 8.61 Å². The molecule has 2 fully saturated rings. The molecule has 14 heteroatoms. The van der Waals surface area contributed by atoms with Gasteiger partial charge in [-0.05, 0) is 96.2 Å². The van der Waals surface area contributed by atoms with Crippen LogP contribution in [0.15, 0.2) is 82.6 Å². The van der Waals surface area contributed by atoms with Gasteiger partial charge in [0.25, 0.3) is 0 Å². The van der Waals surface area contributed by atoms with Crippen molar-refractivity contribution in [1.29, 1.82) is 0 Å². The first-order chi connectivity index (χ1) is 30.7. The second-order valence-corrected chi connectivity index (χ2v) is 23.8. The minimum atomic E-state index is -4.24. The quantitative estimate of drug-likeness (QED) is 0.0937. The molecule has 0 spiro atoms. The average molecular weight is 945 g/mol. The van der Waals surface area contributed by atoms with Gasteiger partial charge < -0.3 is 18.9 Å². The first-order valence-electron chi connectivity index (χ1n) is 22.9. The van der Waals surface area contributed by atoms with Crippen molar-refractivity contribution in [2.24, 2.45) is 11.8 Å². The van der Waals surface area contributed by atoms with E-state index in [9.17, 15) is 26.4 Å². The van der Waals surface area contributed by atoms with Crippen LogP contribution in [0.25, 0.3) is 11.1 Å². The number of benzene rings is 4. The van der Waals surface area contributed by atoms with Crippen LogP contribution in [-0.4, -0.2) is 62.7 Å². The second-order valence-electron chi connectivity index (χ2n) is 20.1. The number of carbonyl (C=O) groups is 2. The molecule has 4 aromatic carbocycles. The van der Waals surface area contributed by atoms with Crippen LogP contribution >= 0.6 is 0 Å². The summed E-state index contributed by atoms with van der Waals surface area (Å²) in [5.41, 5.74) is 3.31. The van der Waals surface area contributed by atoms with E-state index in [0.29, 0.717) is 24.0 Å². The Morgan fingerprint density at radius 2 is 0.924 bits per heavy atom. The van der Waals surface area contributed by atoms with E-state index in [1.54, 1.807) is 48.5 Å². The molecule has 0 aliphatic carbocycles. The maximum atomic E-state index is 15.0. The maximum absolute atomic E-state index is 15.0. The second kappa shape index (κ2) is 19.3. The number of nitrogens with zero attached hydrogens (tertiary/aromatic N) is 2. The van der Waals surface area contributed by atoms with Gasteiger partial charge in [0, 0.05) is 36.1 Å². The molecule has 2 aliphatic rings. The van der Waals surface area contributed by atoms with Crippen LogP contribution in [0.2, 0.25) is 0 Å². The number of ether oxygens (including phenoxy) is 4. The molecule has 2 saturated heterocycles. The molecular weight excluding hydrogens is 877 g/mol. The van der Waals surface area contributed by atoms with E-state index in [1.807, 2.05) is 107 Å². The summed E-state index contributed by atoms with van der Waals surface area (Å²) in [6, 6.07) is 19.6. The van der Waals surface area contributed by atoms with Crippen LogP contribution in [0.5, 0.6) is 11.5 Å².